The van der Waals surface area contributed by atoms with E-state index in [0.29, 0.717) is 10.2 Å². The first-order valence-electron chi connectivity index (χ1n) is 5.91. The third-order valence-electron chi connectivity index (χ3n) is 2.68. The number of halogens is 2. The fourth-order valence-electron chi connectivity index (χ4n) is 1.84. The molecule has 0 fully saturated rings. The fourth-order valence-corrected chi connectivity index (χ4v) is 3.24. The monoisotopic (exact) mass is 373 g/mol. The van der Waals surface area contributed by atoms with Crippen LogP contribution < -0.4 is 10.5 Å². The number of nitrogens with two attached hydrogens (primary N) is 1. The zero-order valence-electron chi connectivity index (χ0n) is 11.3. The molecule has 2 rings (SSSR count). The molecule has 3 N–H and O–H groups in total. The number of nitrogens with one attached hydrogen (secondary N) is 1. The molecule has 0 aliphatic rings. The number of sulfonamides is 1. The van der Waals surface area contributed by atoms with E-state index in [1.165, 1.54) is 0 Å². The number of anilines is 2. The van der Waals surface area contributed by atoms with Crippen LogP contribution in [0, 0.1) is 19.7 Å². The number of benzene rings is 1. The number of hydrogen-bond acceptors (Lipinski definition) is 4. The first-order chi connectivity index (χ1) is 9.69. The number of pyridine rings is 1. The Hall–Kier alpha value is -1.67. The van der Waals surface area contributed by atoms with Gasteiger partial charge in [0.05, 0.1) is 0 Å². The standard InChI is InChI=1S/C13H13BrFN3O2S/c1-7-3-8(2)17-13(4-7)18-21(19,20)12-6-11(16)9(14)5-10(12)15/h3-6H,16H2,1-2H3,(H,17,18). The van der Waals surface area contributed by atoms with Gasteiger partial charge in [0.15, 0.2) is 0 Å². The van der Waals surface area contributed by atoms with Gasteiger partial charge < -0.3 is 5.73 Å². The lowest BCUT2D eigenvalue weighted by molar-refractivity contribution is 0.570. The summed E-state index contributed by atoms with van der Waals surface area (Å²) in [4.78, 5) is 3.54. The number of nitrogens with zero attached hydrogens (tertiary/aromatic N) is 1. The van der Waals surface area contributed by atoms with E-state index in [9.17, 15) is 12.8 Å². The van der Waals surface area contributed by atoms with E-state index in [1.807, 2.05) is 6.92 Å². The van der Waals surface area contributed by atoms with Gasteiger partial charge in [0.1, 0.15) is 16.5 Å². The molecular formula is C13H13BrFN3O2S. The summed E-state index contributed by atoms with van der Waals surface area (Å²) in [6.07, 6.45) is 0. The summed E-state index contributed by atoms with van der Waals surface area (Å²) < 4.78 is 40.9. The highest BCUT2D eigenvalue weighted by Crippen LogP contribution is 2.27. The molecule has 112 valence electrons. The maximum absolute atomic E-state index is 13.9. The Morgan fingerprint density at radius 1 is 1.24 bits per heavy atom. The highest BCUT2D eigenvalue weighted by molar-refractivity contribution is 9.10. The van der Waals surface area contributed by atoms with E-state index < -0.39 is 20.7 Å². The quantitative estimate of drug-likeness (QED) is 0.809. The average molecular weight is 374 g/mol. The van der Waals surface area contributed by atoms with Crippen LogP contribution in [0.2, 0.25) is 0 Å². The Bertz CT molecular complexity index is 789. The van der Waals surface area contributed by atoms with Crippen molar-refractivity contribution in [1.82, 2.24) is 4.98 Å². The van der Waals surface area contributed by atoms with Crippen molar-refractivity contribution >= 4 is 37.5 Å². The lowest BCUT2D eigenvalue weighted by atomic mass is 10.2. The topological polar surface area (TPSA) is 85.1 Å². The van der Waals surface area contributed by atoms with Gasteiger partial charge in [-0.25, -0.2) is 17.8 Å². The number of rotatable bonds is 3. The van der Waals surface area contributed by atoms with E-state index in [4.69, 9.17) is 5.73 Å². The summed E-state index contributed by atoms with van der Waals surface area (Å²) in [5.41, 5.74) is 7.24. The molecule has 1 aromatic heterocycles. The minimum Gasteiger partial charge on any atom is -0.398 e. The second-order valence-electron chi connectivity index (χ2n) is 4.58. The molecule has 0 saturated heterocycles. The first-order valence-corrected chi connectivity index (χ1v) is 8.19. The van der Waals surface area contributed by atoms with Crippen LogP contribution in [0.15, 0.2) is 33.6 Å². The lowest BCUT2D eigenvalue weighted by Crippen LogP contribution is -2.16. The smallest absolute Gasteiger partial charge is 0.266 e. The summed E-state index contributed by atoms with van der Waals surface area (Å²) in [5, 5.41) is 0. The van der Waals surface area contributed by atoms with Crippen molar-refractivity contribution in [3.8, 4) is 0 Å². The molecule has 0 spiro atoms. The van der Waals surface area contributed by atoms with Crippen molar-refractivity contribution in [2.24, 2.45) is 0 Å². The van der Waals surface area contributed by atoms with Crippen LogP contribution in [-0.4, -0.2) is 13.4 Å². The summed E-state index contributed by atoms with van der Waals surface area (Å²) in [6.45, 7) is 3.55. The molecule has 0 unspecified atom stereocenters. The van der Waals surface area contributed by atoms with Crippen LogP contribution in [0.5, 0.6) is 0 Å². The molecule has 1 heterocycles. The predicted molar refractivity (Wildman–Crippen MR) is 83.0 cm³/mol. The van der Waals surface area contributed by atoms with Gasteiger partial charge in [-0.3, -0.25) is 4.72 Å². The van der Waals surface area contributed by atoms with Gasteiger partial charge in [0.2, 0.25) is 0 Å². The lowest BCUT2D eigenvalue weighted by Gasteiger charge is -2.11. The van der Waals surface area contributed by atoms with E-state index in [2.05, 4.69) is 25.6 Å². The summed E-state index contributed by atoms with van der Waals surface area (Å²) in [6, 6.07) is 5.43. The zero-order chi connectivity index (χ0) is 15.8. The van der Waals surface area contributed by atoms with Crippen molar-refractivity contribution < 1.29 is 12.8 Å². The first kappa shape index (κ1) is 15.7. The Morgan fingerprint density at radius 2 is 1.90 bits per heavy atom. The molecule has 0 saturated carbocycles. The number of nitrogen functional groups attached to an aromatic ring is 1. The summed E-state index contributed by atoms with van der Waals surface area (Å²) in [5.74, 6) is -0.763. The largest absolute Gasteiger partial charge is 0.398 e. The maximum Gasteiger partial charge on any atom is 0.266 e. The van der Waals surface area contributed by atoms with Gasteiger partial charge >= 0.3 is 0 Å². The molecule has 0 amide bonds. The normalized spacial score (nSPS) is 11.4. The van der Waals surface area contributed by atoms with Gasteiger partial charge in [-0.15, -0.1) is 0 Å². The number of hydrogen-bond donors (Lipinski definition) is 2. The van der Waals surface area contributed by atoms with Gasteiger partial charge in [-0.1, -0.05) is 0 Å². The molecule has 0 bridgehead atoms. The van der Waals surface area contributed by atoms with Crippen LogP contribution >= 0.6 is 15.9 Å². The zero-order valence-corrected chi connectivity index (χ0v) is 13.7. The molecule has 21 heavy (non-hydrogen) atoms. The Morgan fingerprint density at radius 3 is 2.52 bits per heavy atom. The minimum absolute atomic E-state index is 0.130. The second-order valence-corrected chi connectivity index (χ2v) is 7.09. The van der Waals surface area contributed by atoms with Gasteiger partial charge in [-0.05, 0) is 59.6 Å². The average Bonchev–Trinajstić information content (AvgIpc) is 2.31. The van der Waals surface area contributed by atoms with E-state index in [-0.39, 0.29) is 11.5 Å². The van der Waals surface area contributed by atoms with Crippen LogP contribution in [0.4, 0.5) is 15.9 Å². The van der Waals surface area contributed by atoms with E-state index in [0.717, 1.165) is 17.7 Å². The van der Waals surface area contributed by atoms with Crippen molar-refractivity contribution in [3.05, 3.63) is 45.8 Å². The maximum atomic E-state index is 13.9. The highest BCUT2D eigenvalue weighted by Gasteiger charge is 2.21. The molecule has 1 aromatic carbocycles. The molecule has 8 heteroatoms. The third-order valence-corrected chi connectivity index (χ3v) is 4.73. The SMILES string of the molecule is Cc1cc(C)nc(NS(=O)(=O)c2cc(N)c(Br)cc2F)c1. The van der Waals surface area contributed by atoms with Gasteiger partial charge in [-0.2, -0.15) is 0 Å². The van der Waals surface area contributed by atoms with Crippen LogP contribution in [-0.2, 0) is 10.0 Å². The van der Waals surface area contributed by atoms with Crippen molar-refractivity contribution in [2.75, 3.05) is 10.5 Å². The Balaban J connectivity index is 2.45. The van der Waals surface area contributed by atoms with Crippen LogP contribution in [0.1, 0.15) is 11.3 Å². The molecular weight excluding hydrogens is 361 g/mol. The third kappa shape index (κ3) is 3.51. The predicted octanol–water partition coefficient (Wildman–Crippen LogP) is 2.98. The number of aryl methyl sites for hydroxylation is 2. The fraction of sp³-hybridized carbons (Fsp3) is 0.154. The molecule has 0 aliphatic carbocycles. The molecule has 2 aromatic rings. The molecule has 0 atom stereocenters. The second kappa shape index (κ2) is 5.61. The minimum atomic E-state index is -4.11. The molecule has 0 radical (unpaired) electrons. The van der Waals surface area contributed by atoms with Crippen LogP contribution in [0.3, 0.4) is 0 Å². The van der Waals surface area contributed by atoms with Gasteiger partial charge in [0.25, 0.3) is 10.0 Å². The Labute approximate surface area is 130 Å². The van der Waals surface area contributed by atoms with Crippen molar-refractivity contribution in [1.29, 1.82) is 0 Å². The Kier molecular flexibility index (Phi) is 4.20. The highest BCUT2D eigenvalue weighted by atomic mass is 79.9. The summed E-state index contributed by atoms with van der Waals surface area (Å²) >= 11 is 3.04. The van der Waals surface area contributed by atoms with Crippen molar-refractivity contribution in [2.45, 2.75) is 18.7 Å². The number of aromatic nitrogens is 1. The van der Waals surface area contributed by atoms with Crippen molar-refractivity contribution in [3.63, 3.8) is 0 Å². The summed E-state index contributed by atoms with van der Waals surface area (Å²) in [7, 11) is -4.11. The van der Waals surface area contributed by atoms with E-state index in [1.54, 1.807) is 19.1 Å². The van der Waals surface area contributed by atoms with Gasteiger partial charge in [0, 0.05) is 15.9 Å². The molecule has 5 nitrogen and oxygen atoms in total. The van der Waals surface area contributed by atoms with Crippen LogP contribution in [0.25, 0.3) is 0 Å². The van der Waals surface area contributed by atoms with E-state index >= 15 is 0 Å². The molecule has 0 aliphatic heterocycles.